The van der Waals surface area contributed by atoms with Crippen molar-refractivity contribution in [1.82, 2.24) is 0 Å². The van der Waals surface area contributed by atoms with Gasteiger partial charge >= 0.3 is 7.69 Å². The van der Waals surface area contributed by atoms with Crippen LogP contribution in [0.2, 0.25) is 0 Å². The van der Waals surface area contributed by atoms with Crippen molar-refractivity contribution < 1.29 is 9.68 Å². The van der Waals surface area contributed by atoms with Gasteiger partial charge in [-0.1, -0.05) is 0 Å². The lowest BCUT2D eigenvalue weighted by Crippen LogP contribution is -1.95. The first-order valence-corrected chi connectivity index (χ1v) is 2.45. The summed E-state index contributed by atoms with van der Waals surface area (Å²) >= 11 is 0. The number of allylic oxidation sites excluding steroid dienone is 2. The van der Waals surface area contributed by atoms with Crippen LogP contribution in [0, 0.1) is 0 Å². The molecule has 0 aromatic heterocycles. The molecule has 0 aliphatic rings. The van der Waals surface area contributed by atoms with E-state index in [2.05, 4.69) is 4.65 Å². The molecule has 0 fully saturated rings. The average molecular weight is 113 g/mol. The normalized spacial score (nSPS) is 8.00. The molecule has 8 heavy (non-hydrogen) atoms. The van der Waals surface area contributed by atoms with Gasteiger partial charge < -0.3 is 9.68 Å². The Hall–Kier alpha value is -0.435. The van der Waals surface area contributed by atoms with Crippen LogP contribution in [0.5, 0.6) is 0 Å². The molecular formula is C5H10BO2. The second kappa shape index (κ2) is 3.55. The van der Waals surface area contributed by atoms with E-state index >= 15 is 0 Å². The van der Waals surface area contributed by atoms with E-state index < -0.39 is 0 Å². The summed E-state index contributed by atoms with van der Waals surface area (Å²) in [5, 5.41) is 8.10. The fraction of sp³-hybridized carbons (Fsp3) is 0.600. The zero-order valence-electron chi connectivity index (χ0n) is 5.43. The lowest BCUT2D eigenvalue weighted by atomic mass is 10.3. The van der Waals surface area contributed by atoms with Crippen LogP contribution >= 0.6 is 0 Å². The molecule has 1 radical (unpaired) electrons. The maximum atomic E-state index is 8.10. The van der Waals surface area contributed by atoms with Crippen LogP contribution in [0.4, 0.5) is 0 Å². The largest absolute Gasteiger partial charge is 0.569 e. The first-order valence-electron chi connectivity index (χ1n) is 2.45. The molecule has 45 valence electrons. The quantitative estimate of drug-likeness (QED) is 0.424. The lowest BCUT2D eigenvalue weighted by molar-refractivity contribution is 0.366. The van der Waals surface area contributed by atoms with Gasteiger partial charge in [-0.3, -0.25) is 0 Å². The zero-order valence-corrected chi connectivity index (χ0v) is 5.43. The molecule has 0 rings (SSSR count). The van der Waals surface area contributed by atoms with Gasteiger partial charge in [-0.25, -0.2) is 0 Å². The highest BCUT2D eigenvalue weighted by molar-refractivity contribution is 6.16. The van der Waals surface area contributed by atoms with E-state index in [1.807, 2.05) is 13.8 Å². The fourth-order valence-electron chi connectivity index (χ4n) is 0.197. The minimum absolute atomic E-state index is 0.683. The van der Waals surface area contributed by atoms with Gasteiger partial charge in [-0.15, -0.1) is 0 Å². The molecule has 0 spiro atoms. The van der Waals surface area contributed by atoms with Crippen LogP contribution in [0.25, 0.3) is 0 Å². The summed E-state index contributed by atoms with van der Waals surface area (Å²) < 4.78 is 4.61. The molecule has 0 amide bonds. The molecule has 0 saturated carbocycles. The van der Waals surface area contributed by atoms with Gasteiger partial charge in [0, 0.05) is 0 Å². The van der Waals surface area contributed by atoms with Crippen molar-refractivity contribution >= 4 is 7.69 Å². The van der Waals surface area contributed by atoms with Crippen LogP contribution in [-0.2, 0) is 4.65 Å². The maximum absolute atomic E-state index is 8.10. The average Bonchev–Trinajstić information content (AvgIpc) is 1.67. The Morgan fingerprint density at radius 2 is 1.88 bits per heavy atom. The minimum atomic E-state index is 0.683. The Kier molecular flexibility index (Phi) is 3.36. The van der Waals surface area contributed by atoms with E-state index in [0.29, 0.717) is 7.69 Å². The highest BCUT2D eigenvalue weighted by Crippen LogP contribution is 2.00. The topological polar surface area (TPSA) is 29.5 Å². The first kappa shape index (κ1) is 7.56. The van der Waals surface area contributed by atoms with E-state index in [9.17, 15) is 0 Å². The standard InChI is InChI=1S/C5H10BO2/c1-4(2)5(3)8-6-7/h7H,1-3H3. The van der Waals surface area contributed by atoms with E-state index in [1.54, 1.807) is 6.92 Å². The fourth-order valence-corrected chi connectivity index (χ4v) is 0.197. The van der Waals surface area contributed by atoms with E-state index in [-0.39, 0.29) is 0 Å². The van der Waals surface area contributed by atoms with Crippen LogP contribution in [0.3, 0.4) is 0 Å². The second-order valence-electron chi connectivity index (χ2n) is 1.78. The van der Waals surface area contributed by atoms with Crippen molar-refractivity contribution in [1.29, 1.82) is 0 Å². The Balaban J connectivity index is 3.62. The van der Waals surface area contributed by atoms with Gasteiger partial charge in [0.2, 0.25) is 0 Å². The van der Waals surface area contributed by atoms with Crippen molar-refractivity contribution in [3.05, 3.63) is 11.3 Å². The van der Waals surface area contributed by atoms with E-state index in [4.69, 9.17) is 5.02 Å². The van der Waals surface area contributed by atoms with Gasteiger partial charge in [0.05, 0.1) is 5.76 Å². The van der Waals surface area contributed by atoms with Crippen molar-refractivity contribution in [3.8, 4) is 0 Å². The van der Waals surface area contributed by atoms with Crippen molar-refractivity contribution in [3.63, 3.8) is 0 Å². The monoisotopic (exact) mass is 113 g/mol. The highest BCUT2D eigenvalue weighted by Gasteiger charge is 1.90. The Bertz CT molecular complexity index is 94.6. The Labute approximate surface area is 50.5 Å². The molecule has 0 aromatic carbocycles. The third kappa shape index (κ3) is 2.69. The third-order valence-electron chi connectivity index (χ3n) is 0.934. The van der Waals surface area contributed by atoms with E-state index in [0.717, 1.165) is 11.3 Å². The van der Waals surface area contributed by atoms with Gasteiger partial charge in [-0.05, 0) is 26.3 Å². The van der Waals surface area contributed by atoms with Crippen molar-refractivity contribution in [2.24, 2.45) is 0 Å². The zero-order chi connectivity index (χ0) is 6.57. The summed E-state index contributed by atoms with van der Waals surface area (Å²) in [7, 11) is 0.683. The summed E-state index contributed by atoms with van der Waals surface area (Å²) in [5.41, 5.74) is 1.07. The molecule has 0 aliphatic heterocycles. The number of rotatable bonds is 2. The molecule has 0 unspecified atom stereocenters. The molecule has 2 nitrogen and oxygen atoms in total. The Morgan fingerprint density at radius 1 is 1.38 bits per heavy atom. The maximum Gasteiger partial charge on any atom is 0.569 e. The molecule has 0 heterocycles. The van der Waals surface area contributed by atoms with Crippen molar-refractivity contribution in [2.75, 3.05) is 0 Å². The molecule has 0 aliphatic carbocycles. The van der Waals surface area contributed by atoms with Gasteiger partial charge in [0.1, 0.15) is 0 Å². The smallest absolute Gasteiger partial charge is 0.541 e. The molecule has 1 N–H and O–H groups in total. The van der Waals surface area contributed by atoms with Crippen LogP contribution in [0.1, 0.15) is 20.8 Å². The highest BCUT2D eigenvalue weighted by atomic mass is 16.5. The van der Waals surface area contributed by atoms with E-state index in [1.165, 1.54) is 0 Å². The molecule has 0 atom stereocenters. The Morgan fingerprint density at radius 3 is 2.00 bits per heavy atom. The molecule has 3 heteroatoms. The molecule has 0 aromatic rings. The lowest BCUT2D eigenvalue weighted by Gasteiger charge is -2.01. The van der Waals surface area contributed by atoms with Crippen molar-refractivity contribution in [2.45, 2.75) is 20.8 Å². The predicted octanol–water partition coefficient (Wildman–Crippen LogP) is 0.843. The summed E-state index contributed by atoms with van der Waals surface area (Å²) in [6, 6.07) is 0. The molecule has 0 saturated heterocycles. The summed E-state index contributed by atoms with van der Waals surface area (Å²) in [6.45, 7) is 5.62. The van der Waals surface area contributed by atoms with Crippen LogP contribution in [-0.4, -0.2) is 12.7 Å². The number of hydrogen-bond donors (Lipinski definition) is 1. The third-order valence-corrected chi connectivity index (χ3v) is 0.934. The van der Waals surface area contributed by atoms with Gasteiger partial charge in [-0.2, -0.15) is 0 Å². The molecular weight excluding hydrogens is 103 g/mol. The summed E-state index contributed by atoms with van der Waals surface area (Å²) in [4.78, 5) is 0. The van der Waals surface area contributed by atoms with Crippen LogP contribution in [0.15, 0.2) is 11.3 Å². The molecule has 0 bridgehead atoms. The van der Waals surface area contributed by atoms with Gasteiger partial charge in [0.25, 0.3) is 0 Å². The predicted molar refractivity (Wildman–Crippen MR) is 33.1 cm³/mol. The van der Waals surface area contributed by atoms with Crippen LogP contribution < -0.4 is 0 Å². The SMILES string of the molecule is CC(C)=C(C)O[B]O. The summed E-state index contributed by atoms with van der Waals surface area (Å²) in [6.07, 6.45) is 0. The minimum Gasteiger partial charge on any atom is -0.541 e. The first-order chi connectivity index (χ1) is 3.68. The second-order valence-corrected chi connectivity index (χ2v) is 1.78. The summed E-state index contributed by atoms with van der Waals surface area (Å²) in [5.74, 6) is 0.743. The number of hydrogen-bond acceptors (Lipinski definition) is 2. The van der Waals surface area contributed by atoms with Gasteiger partial charge in [0.15, 0.2) is 0 Å².